The highest BCUT2D eigenvalue weighted by Gasteiger charge is 2.04. The molecule has 3 nitrogen and oxygen atoms in total. The van der Waals surface area contributed by atoms with E-state index in [0.717, 1.165) is 19.6 Å². The number of benzene rings is 1. The van der Waals surface area contributed by atoms with E-state index in [2.05, 4.69) is 59.3 Å². The molecule has 17 heavy (non-hydrogen) atoms. The first-order chi connectivity index (χ1) is 8.22. The molecule has 0 atom stereocenters. The van der Waals surface area contributed by atoms with Crippen LogP contribution in [0.5, 0.6) is 0 Å². The second-order valence-electron chi connectivity index (χ2n) is 4.69. The van der Waals surface area contributed by atoms with Crippen LogP contribution in [0.3, 0.4) is 0 Å². The van der Waals surface area contributed by atoms with Crippen LogP contribution in [0.15, 0.2) is 30.5 Å². The van der Waals surface area contributed by atoms with Crippen molar-refractivity contribution in [3.8, 4) is 0 Å². The molecule has 2 aromatic rings. The van der Waals surface area contributed by atoms with E-state index >= 15 is 0 Å². The van der Waals surface area contributed by atoms with Gasteiger partial charge in [-0.2, -0.15) is 0 Å². The highest BCUT2D eigenvalue weighted by molar-refractivity contribution is 5.83. The van der Waals surface area contributed by atoms with Crippen LogP contribution in [-0.2, 0) is 13.1 Å². The Morgan fingerprint density at radius 1 is 1.24 bits per heavy atom. The van der Waals surface area contributed by atoms with Crippen LogP contribution in [0.4, 0.5) is 0 Å². The van der Waals surface area contributed by atoms with Gasteiger partial charge in [0.05, 0.1) is 0 Å². The highest BCUT2D eigenvalue weighted by Crippen LogP contribution is 2.20. The number of hydrogen-bond donors (Lipinski definition) is 1. The standard InChI is InChI=1S/C14H21N3/c1-15-11-12-5-4-6-14-13(12)7-8-17(14)10-9-16(2)3/h4-8,15H,9-11H2,1-3H3. The van der Waals surface area contributed by atoms with Crippen molar-refractivity contribution < 1.29 is 0 Å². The molecule has 0 aliphatic heterocycles. The maximum Gasteiger partial charge on any atom is 0.0483 e. The van der Waals surface area contributed by atoms with Crippen LogP contribution < -0.4 is 5.32 Å². The molecule has 1 aromatic carbocycles. The Morgan fingerprint density at radius 2 is 2.06 bits per heavy atom. The fourth-order valence-corrected chi connectivity index (χ4v) is 2.13. The van der Waals surface area contributed by atoms with Gasteiger partial charge in [-0.25, -0.2) is 0 Å². The minimum Gasteiger partial charge on any atom is -0.346 e. The van der Waals surface area contributed by atoms with E-state index in [-0.39, 0.29) is 0 Å². The summed E-state index contributed by atoms with van der Waals surface area (Å²) in [6.07, 6.45) is 2.19. The van der Waals surface area contributed by atoms with Gasteiger partial charge in [-0.1, -0.05) is 12.1 Å². The second-order valence-corrected chi connectivity index (χ2v) is 4.69. The molecule has 0 aliphatic carbocycles. The molecule has 92 valence electrons. The Kier molecular flexibility index (Phi) is 3.82. The number of fused-ring (bicyclic) bond motifs is 1. The average Bonchev–Trinajstić information content (AvgIpc) is 2.71. The van der Waals surface area contributed by atoms with E-state index in [9.17, 15) is 0 Å². The lowest BCUT2D eigenvalue weighted by Gasteiger charge is -2.11. The fourth-order valence-electron chi connectivity index (χ4n) is 2.13. The maximum atomic E-state index is 3.22. The molecule has 0 unspecified atom stereocenters. The van der Waals surface area contributed by atoms with Gasteiger partial charge in [0, 0.05) is 36.7 Å². The van der Waals surface area contributed by atoms with Crippen molar-refractivity contribution >= 4 is 10.9 Å². The van der Waals surface area contributed by atoms with Crippen LogP contribution in [-0.4, -0.2) is 37.2 Å². The number of nitrogens with one attached hydrogen (secondary N) is 1. The zero-order valence-electron chi connectivity index (χ0n) is 10.9. The van der Waals surface area contributed by atoms with E-state index in [1.165, 1.54) is 16.5 Å². The normalized spacial score (nSPS) is 11.5. The Morgan fingerprint density at radius 3 is 2.76 bits per heavy atom. The first-order valence-electron chi connectivity index (χ1n) is 6.08. The van der Waals surface area contributed by atoms with Crippen molar-refractivity contribution in [2.75, 3.05) is 27.7 Å². The summed E-state index contributed by atoms with van der Waals surface area (Å²) in [4.78, 5) is 2.21. The van der Waals surface area contributed by atoms with Crippen LogP contribution >= 0.6 is 0 Å². The first-order valence-corrected chi connectivity index (χ1v) is 6.08. The zero-order valence-corrected chi connectivity index (χ0v) is 10.9. The lowest BCUT2D eigenvalue weighted by molar-refractivity contribution is 0.387. The third-order valence-electron chi connectivity index (χ3n) is 3.06. The smallest absolute Gasteiger partial charge is 0.0483 e. The number of aromatic nitrogens is 1. The molecule has 2 rings (SSSR count). The summed E-state index contributed by atoms with van der Waals surface area (Å²) in [5, 5.41) is 4.58. The maximum absolute atomic E-state index is 3.22. The van der Waals surface area contributed by atoms with Crippen LogP contribution in [0.1, 0.15) is 5.56 Å². The first kappa shape index (κ1) is 12.1. The fraction of sp³-hybridized carbons (Fsp3) is 0.429. The molecule has 0 amide bonds. The summed E-state index contributed by atoms with van der Waals surface area (Å²) >= 11 is 0. The quantitative estimate of drug-likeness (QED) is 0.848. The van der Waals surface area contributed by atoms with Gasteiger partial charge in [0.1, 0.15) is 0 Å². The molecular weight excluding hydrogens is 210 g/mol. The predicted molar refractivity (Wildman–Crippen MR) is 73.3 cm³/mol. The summed E-state index contributed by atoms with van der Waals surface area (Å²) in [6.45, 7) is 3.04. The zero-order chi connectivity index (χ0) is 12.3. The van der Waals surface area contributed by atoms with E-state index < -0.39 is 0 Å². The molecule has 1 heterocycles. The Bertz CT molecular complexity index is 485. The van der Waals surface area contributed by atoms with Gasteiger partial charge < -0.3 is 14.8 Å². The minimum absolute atomic E-state index is 0.926. The number of hydrogen-bond acceptors (Lipinski definition) is 2. The Hall–Kier alpha value is -1.32. The molecule has 0 aliphatic rings. The monoisotopic (exact) mass is 231 g/mol. The summed E-state index contributed by atoms with van der Waals surface area (Å²) in [7, 11) is 6.21. The second kappa shape index (κ2) is 5.34. The van der Waals surface area contributed by atoms with Gasteiger partial charge in [0.25, 0.3) is 0 Å². The van der Waals surface area contributed by atoms with Crippen molar-refractivity contribution in [1.29, 1.82) is 0 Å². The van der Waals surface area contributed by atoms with Crippen molar-refractivity contribution in [3.63, 3.8) is 0 Å². The lowest BCUT2D eigenvalue weighted by atomic mass is 10.1. The average molecular weight is 231 g/mol. The van der Waals surface area contributed by atoms with Gasteiger partial charge in [-0.05, 0) is 38.8 Å². The summed E-state index contributed by atoms with van der Waals surface area (Å²) in [6, 6.07) is 8.75. The van der Waals surface area contributed by atoms with E-state index in [0.29, 0.717) is 0 Å². The summed E-state index contributed by atoms with van der Waals surface area (Å²) < 4.78 is 2.33. The molecule has 0 radical (unpaired) electrons. The van der Waals surface area contributed by atoms with Gasteiger partial charge in [-0.3, -0.25) is 0 Å². The third kappa shape index (κ3) is 2.68. The predicted octanol–water partition coefficient (Wildman–Crippen LogP) is 1.92. The molecule has 0 saturated carbocycles. The largest absolute Gasteiger partial charge is 0.346 e. The van der Waals surface area contributed by atoms with E-state index in [1.807, 2.05) is 7.05 Å². The minimum atomic E-state index is 0.926. The Labute approximate surface area is 103 Å². The van der Waals surface area contributed by atoms with Crippen molar-refractivity contribution in [1.82, 2.24) is 14.8 Å². The van der Waals surface area contributed by atoms with E-state index in [1.54, 1.807) is 0 Å². The third-order valence-corrected chi connectivity index (χ3v) is 3.06. The lowest BCUT2D eigenvalue weighted by Crippen LogP contribution is -2.17. The van der Waals surface area contributed by atoms with Crippen LogP contribution in [0.2, 0.25) is 0 Å². The molecule has 0 saturated heterocycles. The molecular formula is C14H21N3. The van der Waals surface area contributed by atoms with Gasteiger partial charge in [0.2, 0.25) is 0 Å². The van der Waals surface area contributed by atoms with Crippen LogP contribution in [0.25, 0.3) is 10.9 Å². The highest BCUT2D eigenvalue weighted by atomic mass is 15.1. The summed E-state index contributed by atoms with van der Waals surface area (Å²) in [5.41, 5.74) is 2.70. The Balaban J connectivity index is 2.30. The molecule has 0 fully saturated rings. The molecule has 0 bridgehead atoms. The van der Waals surface area contributed by atoms with Gasteiger partial charge in [-0.15, -0.1) is 0 Å². The van der Waals surface area contributed by atoms with Crippen molar-refractivity contribution in [2.24, 2.45) is 0 Å². The van der Waals surface area contributed by atoms with E-state index in [4.69, 9.17) is 0 Å². The van der Waals surface area contributed by atoms with Crippen molar-refractivity contribution in [2.45, 2.75) is 13.1 Å². The van der Waals surface area contributed by atoms with Gasteiger partial charge in [0.15, 0.2) is 0 Å². The number of rotatable bonds is 5. The van der Waals surface area contributed by atoms with Gasteiger partial charge >= 0.3 is 0 Å². The summed E-state index contributed by atoms with van der Waals surface area (Å²) in [5.74, 6) is 0. The molecule has 0 spiro atoms. The number of likely N-dealkylation sites (N-methyl/N-ethyl adjacent to an activating group) is 1. The SMILES string of the molecule is CNCc1cccc2c1ccn2CCN(C)C. The number of nitrogens with zero attached hydrogens (tertiary/aromatic N) is 2. The molecule has 3 heteroatoms. The topological polar surface area (TPSA) is 20.2 Å². The van der Waals surface area contributed by atoms with Crippen molar-refractivity contribution in [3.05, 3.63) is 36.0 Å². The van der Waals surface area contributed by atoms with Crippen LogP contribution in [0, 0.1) is 0 Å². The molecule has 1 aromatic heterocycles. The molecule has 1 N–H and O–H groups in total.